The fourth-order valence-electron chi connectivity index (χ4n) is 3.47. The second-order valence-corrected chi connectivity index (χ2v) is 8.49. The number of rotatable bonds is 6. The van der Waals surface area contributed by atoms with Gasteiger partial charge in [0.05, 0.1) is 5.92 Å². The Morgan fingerprint density at radius 2 is 2.11 bits per heavy atom. The Hall–Kier alpha value is -2.28. The number of carbonyl (C=O) groups excluding carboxylic acids is 2. The van der Waals surface area contributed by atoms with Crippen molar-refractivity contribution in [2.45, 2.75) is 51.4 Å². The van der Waals surface area contributed by atoms with Crippen LogP contribution < -0.4 is 10.2 Å². The summed E-state index contributed by atoms with van der Waals surface area (Å²) in [5.74, 6) is 0.376. The molecule has 1 aromatic carbocycles. The first kappa shape index (κ1) is 18.1. The standard InChI is InChI=1S/C20H24N4O2S/c1-3-12(2)15-6-4-5-7-16(15)24-11-14(10-17(24)25)18(26)21-20-23-22-19(27-20)13-8-9-13/h4-7,12-14H,3,8-11H2,1-2H3,(H,21,23,26). The molecule has 1 N–H and O–H groups in total. The van der Waals surface area contributed by atoms with E-state index in [1.54, 1.807) is 4.90 Å². The summed E-state index contributed by atoms with van der Waals surface area (Å²) < 4.78 is 0. The molecule has 4 rings (SSSR count). The molecule has 142 valence electrons. The number of carbonyl (C=O) groups is 2. The lowest BCUT2D eigenvalue weighted by molar-refractivity contribution is -0.122. The van der Waals surface area contributed by atoms with E-state index >= 15 is 0 Å². The summed E-state index contributed by atoms with van der Waals surface area (Å²) in [4.78, 5) is 27.0. The van der Waals surface area contributed by atoms with Crippen LogP contribution in [0.5, 0.6) is 0 Å². The van der Waals surface area contributed by atoms with Gasteiger partial charge >= 0.3 is 0 Å². The minimum absolute atomic E-state index is 0.00170. The van der Waals surface area contributed by atoms with Crippen LogP contribution in [0.4, 0.5) is 10.8 Å². The van der Waals surface area contributed by atoms with Gasteiger partial charge in [0, 0.05) is 24.6 Å². The minimum Gasteiger partial charge on any atom is -0.311 e. The van der Waals surface area contributed by atoms with Gasteiger partial charge in [-0.05, 0) is 36.8 Å². The molecular formula is C20H24N4O2S. The molecule has 2 fully saturated rings. The number of hydrogen-bond donors (Lipinski definition) is 1. The van der Waals surface area contributed by atoms with E-state index in [2.05, 4.69) is 35.4 Å². The quantitative estimate of drug-likeness (QED) is 0.819. The Morgan fingerprint density at radius 3 is 2.85 bits per heavy atom. The normalized spacial score (nSPS) is 20.7. The number of nitrogens with zero attached hydrogens (tertiary/aromatic N) is 3. The fourth-order valence-corrected chi connectivity index (χ4v) is 4.39. The average molecular weight is 385 g/mol. The van der Waals surface area contributed by atoms with Crippen molar-refractivity contribution in [2.24, 2.45) is 5.92 Å². The van der Waals surface area contributed by atoms with Crippen molar-refractivity contribution in [3.05, 3.63) is 34.8 Å². The zero-order chi connectivity index (χ0) is 19.0. The smallest absolute Gasteiger partial charge is 0.231 e. The summed E-state index contributed by atoms with van der Waals surface area (Å²) in [6, 6.07) is 8.00. The number of hydrogen-bond acceptors (Lipinski definition) is 5. The van der Waals surface area contributed by atoms with Crippen molar-refractivity contribution in [2.75, 3.05) is 16.8 Å². The third-order valence-electron chi connectivity index (χ3n) is 5.46. The van der Waals surface area contributed by atoms with Crippen molar-refractivity contribution in [1.29, 1.82) is 0 Å². The number of amides is 2. The van der Waals surface area contributed by atoms with Crippen LogP contribution in [0.15, 0.2) is 24.3 Å². The maximum atomic E-state index is 12.7. The van der Waals surface area contributed by atoms with Crippen LogP contribution in [0.2, 0.25) is 0 Å². The zero-order valence-corrected chi connectivity index (χ0v) is 16.5. The van der Waals surface area contributed by atoms with E-state index in [4.69, 9.17) is 0 Å². The lowest BCUT2D eigenvalue weighted by Crippen LogP contribution is -2.29. The second-order valence-electron chi connectivity index (χ2n) is 7.48. The third-order valence-corrected chi connectivity index (χ3v) is 6.47. The van der Waals surface area contributed by atoms with Crippen LogP contribution in [-0.2, 0) is 9.59 Å². The van der Waals surface area contributed by atoms with E-state index < -0.39 is 0 Å². The number of anilines is 2. The number of nitrogens with one attached hydrogen (secondary N) is 1. The Morgan fingerprint density at radius 1 is 1.33 bits per heavy atom. The molecule has 2 heterocycles. The molecule has 1 aromatic heterocycles. The molecule has 1 saturated heterocycles. The molecule has 0 spiro atoms. The number of benzene rings is 1. The zero-order valence-electron chi connectivity index (χ0n) is 15.6. The molecule has 6 nitrogen and oxygen atoms in total. The van der Waals surface area contributed by atoms with E-state index in [1.165, 1.54) is 11.3 Å². The van der Waals surface area contributed by atoms with Gasteiger partial charge in [0.2, 0.25) is 16.9 Å². The maximum Gasteiger partial charge on any atom is 0.231 e. The van der Waals surface area contributed by atoms with Crippen LogP contribution in [-0.4, -0.2) is 28.6 Å². The summed E-state index contributed by atoms with van der Waals surface area (Å²) in [5, 5.41) is 12.6. The Labute approximate surface area is 163 Å². The molecular weight excluding hydrogens is 360 g/mol. The van der Waals surface area contributed by atoms with Gasteiger partial charge in [-0.3, -0.25) is 9.59 Å². The lowest BCUT2D eigenvalue weighted by atomic mass is 9.96. The topological polar surface area (TPSA) is 75.2 Å². The molecule has 2 aromatic rings. The molecule has 1 aliphatic heterocycles. The monoisotopic (exact) mass is 384 g/mol. The molecule has 7 heteroatoms. The van der Waals surface area contributed by atoms with Crippen molar-refractivity contribution < 1.29 is 9.59 Å². The highest BCUT2D eigenvalue weighted by Gasteiger charge is 2.37. The van der Waals surface area contributed by atoms with Crippen molar-refractivity contribution >= 4 is 34.0 Å². The first-order chi connectivity index (χ1) is 13.1. The van der Waals surface area contributed by atoms with Crippen molar-refractivity contribution in [1.82, 2.24) is 10.2 Å². The molecule has 2 unspecified atom stereocenters. The fraction of sp³-hybridized carbons (Fsp3) is 0.500. The Bertz CT molecular complexity index is 861. The van der Waals surface area contributed by atoms with Gasteiger partial charge in [0.15, 0.2) is 0 Å². The van der Waals surface area contributed by atoms with E-state index in [9.17, 15) is 9.59 Å². The molecule has 2 aliphatic rings. The number of aromatic nitrogens is 2. The summed E-state index contributed by atoms with van der Waals surface area (Å²) in [7, 11) is 0. The van der Waals surface area contributed by atoms with E-state index in [-0.39, 0.29) is 24.2 Å². The van der Waals surface area contributed by atoms with Crippen LogP contribution in [0, 0.1) is 5.92 Å². The highest BCUT2D eigenvalue weighted by molar-refractivity contribution is 7.15. The lowest BCUT2D eigenvalue weighted by Gasteiger charge is -2.23. The number of para-hydroxylation sites is 1. The Kier molecular flexibility index (Phi) is 4.95. The van der Waals surface area contributed by atoms with Crippen LogP contribution in [0.25, 0.3) is 0 Å². The highest BCUT2D eigenvalue weighted by Crippen LogP contribution is 2.42. The van der Waals surface area contributed by atoms with Gasteiger partial charge in [-0.15, -0.1) is 10.2 Å². The molecule has 1 aliphatic carbocycles. The van der Waals surface area contributed by atoms with Crippen molar-refractivity contribution in [3.8, 4) is 0 Å². The van der Waals surface area contributed by atoms with Crippen LogP contribution >= 0.6 is 11.3 Å². The van der Waals surface area contributed by atoms with Crippen molar-refractivity contribution in [3.63, 3.8) is 0 Å². The summed E-state index contributed by atoms with van der Waals surface area (Å²) in [6.07, 6.45) is 3.55. The van der Waals surface area contributed by atoms with Gasteiger partial charge < -0.3 is 10.2 Å². The maximum absolute atomic E-state index is 12.7. The second kappa shape index (κ2) is 7.38. The predicted molar refractivity (Wildman–Crippen MR) is 106 cm³/mol. The first-order valence-electron chi connectivity index (χ1n) is 9.60. The molecule has 27 heavy (non-hydrogen) atoms. The van der Waals surface area contributed by atoms with Gasteiger partial charge in [0.25, 0.3) is 0 Å². The first-order valence-corrected chi connectivity index (χ1v) is 10.4. The summed E-state index contributed by atoms with van der Waals surface area (Å²) >= 11 is 1.45. The third kappa shape index (κ3) is 3.74. The Balaban J connectivity index is 1.46. The molecule has 0 radical (unpaired) electrons. The average Bonchev–Trinajstić information content (AvgIpc) is 3.31. The minimum atomic E-state index is -0.365. The largest absolute Gasteiger partial charge is 0.311 e. The molecule has 0 bridgehead atoms. The molecule has 2 amide bonds. The van der Waals surface area contributed by atoms with Gasteiger partial charge in [0.1, 0.15) is 5.01 Å². The molecule has 2 atom stereocenters. The van der Waals surface area contributed by atoms with Crippen LogP contribution in [0.3, 0.4) is 0 Å². The SMILES string of the molecule is CCC(C)c1ccccc1N1CC(C(=O)Nc2nnc(C3CC3)s2)CC1=O. The summed E-state index contributed by atoms with van der Waals surface area (Å²) in [5.41, 5.74) is 2.09. The van der Waals surface area contributed by atoms with Gasteiger partial charge in [-0.1, -0.05) is 43.4 Å². The van der Waals surface area contributed by atoms with E-state index in [0.717, 1.165) is 35.5 Å². The predicted octanol–water partition coefficient (Wildman–Crippen LogP) is 3.92. The van der Waals surface area contributed by atoms with Crippen LogP contribution in [0.1, 0.15) is 61.9 Å². The highest BCUT2D eigenvalue weighted by atomic mass is 32.1. The van der Waals surface area contributed by atoms with Gasteiger partial charge in [-0.25, -0.2) is 0 Å². The van der Waals surface area contributed by atoms with E-state index in [1.807, 2.05) is 18.2 Å². The summed E-state index contributed by atoms with van der Waals surface area (Å²) in [6.45, 7) is 4.71. The van der Waals surface area contributed by atoms with E-state index in [0.29, 0.717) is 23.5 Å². The van der Waals surface area contributed by atoms with Gasteiger partial charge in [-0.2, -0.15) is 0 Å². The molecule has 1 saturated carbocycles.